The molecule has 16 heavy (non-hydrogen) atoms. The van der Waals surface area contributed by atoms with E-state index in [1.807, 2.05) is 18.5 Å². The molecule has 0 saturated heterocycles. The van der Waals surface area contributed by atoms with E-state index >= 15 is 0 Å². The summed E-state index contributed by atoms with van der Waals surface area (Å²) in [6.45, 7) is 6.61. The Morgan fingerprint density at radius 2 is 2.19 bits per heavy atom. The molecule has 0 aliphatic heterocycles. The molecule has 1 N–H and O–H groups in total. The zero-order valence-electron chi connectivity index (χ0n) is 10.2. The summed E-state index contributed by atoms with van der Waals surface area (Å²) in [6.07, 6.45) is 0.439. The van der Waals surface area contributed by atoms with Crippen LogP contribution in [0.5, 0.6) is 0 Å². The minimum atomic E-state index is -0.919. The average molecular weight is 247 g/mol. The fourth-order valence-corrected chi connectivity index (χ4v) is 1.96. The molecule has 0 aromatic carbocycles. The molecule has 1 atom stereocenters. The quantitative estimate of drug-likeness (QED) is 0.862. The number of ether oxygens (including phenoxy) is 1. The van der Waals surface area contributed by atoms with Gasteiger partial charge in [-0.25, -0.2) is 0 Å². The van der Waals surface area contributed by atoms with Crippen molar-refractivity contribution >= 4 is 11.6 Å². The normalized spacial score (nSPS) is 15.1. The molecule has 1 heterocycles. The topological polar surface area (TPSA) is 47.3 Å². The number of halogens is 1. The van der Waals surface area contributed by atoms with Gasteiger partial charge in [0.2, 0.25) is 0 Å². The van der Waals surface area contributed by atoms with Gasteiger partial charge in [0.25, 0.3) is 0 Å². The monoisotopic (exact) mass is 246 g/mol. The number of nitrogens with zero attached hydrogens (tertiary/aromatic N) is 2. The first-order chi connectivity index (χ1) is 7.41. The van der Waals surface area contributed by atoms with Crippen molar-refractivity contribution in [2.75, 3.05) is 13.7 Å². The van der Waals surface area contributed by atoms with E-state index in [0.717, 1.165) is 17.9 Å². The molecule has 0 bridgehead atoms. The molecule has 0 fully saturated rings. The third-order valence-corrected chi connectivity index (χ3v) is 2.95. The van der Waals surface area contributed by atoms with Gasteiger partial charge in [0.1, 0.15) is 0 Å². The SMILES string of the molecule is CCn1nc(C)c(Cl)c1CC(C)(O)COC. The standard InChI is InChI=1S/C11H19ClN2O2/c1-5-14-9(10(12)8(2)13-14)6-11(3,15)7-16-4/h15H,5-7H2,1-4H3. The van der Waals surface area contributed by atoms with Crippen LogP contribution >= 0.6 is 11.6 Å². The van der Waals surface area contributed by atoms with Gasteiger partial charge in [-0.1, -0.05) is 11.6 Å². The van der Waals surface area contributed by atoms with E-state index in [0.29, 0.717) is 11.4 Å². The van der Waals surface area contributed by atoms with Gasteiger partial charge in [-0.3, -0.25) is 4.68 Å². The summed E-state index contributed by atoms with van der Waals surface area (Å²) in [7, 11) is 1.57. The molecule has 0 saturated carbocycles. The van der Waals surface area contributed by atoms with E-state index in [-0.39, 0.29) is 6.61 Å². The maximum Gasteiger partial charge on any atom is 0.0907 e. The van der Waals surface area contributed by atoms with Gasteiger partial charge in [-0.2, -0.15) is 5.10 Å². The first kappa shape index (κ1) is 13.5. The summed E-state index contributed by atoms with van der Waals surface area (Å²) in [5.74, 6) is 0. The highest BCUT2D eigenvalue weighted by atomic mass is 35.5. The zero-order chi connectivity index (χ0) is 12.3. The lowest BCUT2D eigenvalue weighted by atomic mass is 10.0. The van der Waals surface area contributed by atoms with Gasteiger partial charge in [-0.15, -0.1) is 0 Å². The molecular formula is C11H19ClN2O2. The van der Waals surface area contributed by atoms with Crippen molar-refractivity contribution in [1.82, 2.24) is 9.78 Å². The van der Waals surface area contributed by atoms with Crippen molar-refractivity contribution < 1.29 is 9.84 Å². The molecule has 1 unspecified atom stereocenters. The lowest BCUT2D eigenvalue weighted by Gasteiger charge is -2.22. The summed E-state index contributed by atoms with van der Waals surface area (Å²) in [4.78, 5) is 0. The van der Waals surface area contributed by atoms with Gasteiger partial charge in [0.15, 0.2) is 0 Å². The molecule has 1 aromatic heterocycles. The smallest absolute Gasteiger partial charge is 0.0907 e. The van der Waals surface area contributed by atoms with Crippen molar-refractivity contribution in [2.24, 2.45) is 0 Å². The van der Waals surface area contributed by atoms with Gasteiger partial charge in [0.05, 0.1) is 28.6 Å². The predicted octanol–water partition coefficient (Wildman–Crippen LogP) is 1.80. The van der Waals surface area contributed by atoms with Gasteiger partial charge < -0.3 is 9.84 Å². The average Bonchev–Trinajstić information content (AvgIpc) is 2.45. The van der Waals surface area contributed by atoms with Gasteiger partial charge in [-0.05, 0) is 20.8 Å². The number of aromatic nitrogens is 2. The second kappa shape index (κ2) is 5.17. The van der Waals surface area contributed by atoms with E-state index in [9.17, 15) is 5.11 Å². The number of methoxy groups -OCH3 is 1. The molecule has 0 radical (unpaired) electrons. The summed E-state index contributed by atoms with van der Waals surface area (Å²) in [5, 5.41) is 15.0. The number of hydrogen-bond acceptors (Lipinski definition) is 3. The highest BCUT2D eigenvalue weighted by Crippen LogP contribution is 2.24. The summed E-state index contributed by atoms with van der Waals surface area (Å²) < 4.78 is 6.80. The molecule has 92 valence electrons. The Kier molecular flexibility index (Phi) is 4.35. The predicted molar refractivity (Wildman–Crippen MR) is 63.9 cm³/mol. The first-order valence-electron chi connectivity index (χ1n) is 5.34. The molecular weight excluding hydrogens is 228 g/mol. The fraction of sp³-hybridized carbons (Fsp3) is 0.727. The van der Waals surface area contributed by atoms with Crippen molar-refractivity contribution in [2.45, 2.75) is 39.3 Å². The van der Waals surface area contributed by atoms with E-state index in [4.69, 9.17) is 16.3 Å². The molecule has 1 aromatic rings. The Bertz CT molecular complexity index is 361. The lowest BCUT2D eigenvalue weighted by Crippen LogP contribution is -2.33. The fourth-order valence-electron chi connectivity index (χ4n) is 1.76. The third-order valence-electron chi connectivity index (χ3n) is 2.46. The number of rotatable bonds is 5. The number of hydrogen-bond donors (Lipinski definition) is 1. The van der Waals surface area contributed by atoms with Gasteiger partial charge >= 0.3 is 0 Å². The van der Waals surface area contributed by atoms with Crippen molar-refractivity contribution in [3.05, 3.63) is 16.4 Å². The maximum absolute atomic E-state index is 10.1. The molecule has 0 amide bonds. The Hall–Kier alpha value is -0.580. The Morgan fingerprint density at radius 3 is 2.69 bits per heavy atom. The van der Waals surface area contributed by atoms with Crippen LogP contribution in [0.2, 0.25) is 5.02 Å². The highest BCUT2D eigenvalue weighted by molar-refractivity contribution is 6.31. The van der Waals surface area contributed by atoms with Crippen LogP contribution in [0.3, 0.4) is 0 Å². The summed E-state index contributed by atoms with van der Waals surface area (Å²) >= 11 is 6.16. The zero-order valence-corrected chi connectivity index (χ0v) is 11.0. The Labute approximate surface area is 101 Å². The van der Waals surface area contributed by atoms with E-state index in [1.54, 1.807) is 14.0 Å². The van der Waals surface area contributed by atoms with Gasteiger partial charge in [0, 0.05) is 20.1 Å². The lowest BCUT2D eigenvalue weighted by molar-refractivity contribution is -0.0173. The molecule has 0 aliphatic rings. The van der Waals surface area contributed by atoms with E-state index in [2.05, 4.69) is 5.10 Å². The van der Waals surface area contributed by atoms with Crippen molar-refractivity contribution in [1.29, 1.82) is 0 Å². The van der Waals surface area contributed by atoms with Crippen LogP contribution in [0.25, 0.3) is 0 Å². The second-order valence-electron chi connectivity index (χ2n) is 4.27. The van der Waals surface area contributed by atoms with E-state index in [1.165, 1.54) is 0 Å². The molecule has 1 rings (SSSR count). The number of aryl methyl sites for hydroxylation is 2. The molecule has 5 heteroatoms. The van der Waals surface area contributed by atoms with Crippen LogP contribution in [0.1, 0.15) is 25.2 Å². The molecule has 0 aliphatic carbocycles. The van der Waals surface area contributed by atoms with Crippen LogP contribution in [-0.2, 0) is 17.7 Å². The summed E-state index contributed by atoms with van der Waals surface area (Å²) in [6, 6.07) is 0. The van der Waals surface area contributed by atoms with Crippen LogP contribution in [0.4, 0.5) is 0 Å². The molecule has 4 nitrogen and oxygen atoms in total. The third kappa shape index (κ3) is 2.97. The van der Waals surface area contributed by atoms with Crippen LogP contribution < -0.4 is 0 Å². The largest absolute Gasteiger partial charge is 0.387 e. The minimum Gasteiger partial charge on any atom is -0.387 e. The van der Waals surface area contributed by atoms with Crippen LogP contribution in [0.15, 0.2) is 0 Å². The molecule has 0 spiro atoms. The van der Waals surface area contributed by atoms with E-state index < -0.39 is 5.60 Å². The Morgan fingerprint density at radius 1 is 1.56 bits per heavy atom. The minimum absolute atomic E-state index is 0.275. The number of aliphatic hydroxyl groups is 1. The van der Waals surface area contributed by atoms with Crippen LogP contribution in [0, 0.1) is 6.92 Å². The second-order valence-corrected chi connectivity index (χ2v) is 4.65. The first-order valence-corrected chi connectivity index (χ1v) is 5.72. The highest BCUT2D eigenvalue weighted by Gasteiger charge is 2.25. The van der Waals surface area contributed by atoms with Crippen molar-refractivity contribution in [3.63, 3.8) is 0 Å². The van der Waals surface area contributed by atoms with Crippen LogP contribution in [-0.4, -0.2) is 34.2 Å². The maximum atomic E-state index is 10.1. The van der Waals surface area contributed by atoms with Crippen molar-refractivity contribution in [3.8, 4) is 0 Å². The Balaban J connectivity index is 2.95. The summed E-state index contributed by atoms with van der Waals surface area (Å²) in [5.41, 5.74) is 0.744.